The maximum absolute atomic E-state index is 12.1. The summed E-state index contributed by atoms with van der Waals surface area (Å²) in [7, 11) is 0. The third-order valence-electron chi connectivity index (χ3n) is 3.49. The molecule has 0 aliphatic rings. The van der Waals surface area contributed by atoms with Gasteiger partial charge in [-0.2, -0.15) is 0 Å². The SMILES string of the molecule is CCCCCCC(C)OC(=O)c1cccc(C(=O)OCC(C)C)n1. The van der Waals surface area contributed by atoms with E-state index >= 15 is 0 Å². The van der Waals surface area contributed by atoms with Crippen molar-refractivity contribution < 1.29 is 19.1 Å². The molecule has 134 valence electrons. The monoisotopic (exact) mass is 335 g/mol. The fourth-order valence-corrected chi connectivity index (χ4v) is 2.14. The molecule has 1 aromatic rings. The molecule has 0 saturated carbocycles. The van der Waals surface area contributed by atoms with Gasteiger partial charge in [-0.15, -0.1) is 0 Å². The molecule has 0 spiro atoms. The van der Waals surface area contributed by atoms with Crippen molar-refractivity contribution in [2.75, 3.05) is 6.61 Å². The molecule has 0 amide bonds. The van der Waals surface area contributed by atoms with Crippen LogP contribution in [0.3, 0.4) is 0 Å². The second kappa shape index (κ2) is 10.8. The molecular formula is C19H29NO4. The van der Waals surface area contributed by atoms with Crippen LogP contribution in [-0.4, -0.2) is 29.6 Å². The molecule has 5 heteroatoms. The minimum Gasteiger partial charge on any atom is -0.461 e. The van der Waals surface area contributed by atoms with Gasteiger partial charge in [0, 0.05) is 0 Å². The molecule has 1 rings (SSSR count). The smallest absolute Gasteiger partial charge is 0.357 e. The van der Waals surface area contributed by atoms with Crippen LogP contribution in [-0.2, 0) is 9.47 Å². The molecule has 0 fully saturated rings. The van der Waals surface area contributed by atoms with Gasteiger partial charge in [0.05, 0.1) is 12.7 Å². The Morgan fingerprint density at radius 2 is 1.71 bits per heavy atom. The Kier molecular flexibility index (Phi) is 9.05. The lowest BCUT2D eigenvalue weighted by atomic mass is 10.1. The zero-order valence-corrected chi connectivity index (χ0v) is 15.2. The van der Waals surface area contributed by atoms with E-state index in [2.05, 4.69) is 11.9 Å². The van der Waals surface area contributed by atoms with Crippen molar-refractivity contribution in [1.29, 1.82) is 0 Å². The number of hydrogen-bond acceptors (Lipinski definition) is 5. The number of pyridine rings is 1. The van der Waals surface area contributed by atoms with Gasteiger partial charge in [-0.25, -0.2) is 14.6 Å². The van der Waals surface area contributed by atoms with Gasteiger partial charge < -0.3 is 9.47 Å². The number of aromatic nitrogens is 1. The third-order valence-corrected chi connectivity index (χ3v) is 3.49. The van der Waals surface area contributed by atoms with Crippen LogP contribution in [0.4, 0.5) is 0 Å². The van der Waals surface area contributed by atoms with Crippen LogP contribution >= 0.6 is 0 Å². The first kappa shape index (κ1) is 20.1. The van der Waals surface area contributed by atoms with Gasteiger partial charge >= 0.3 is 11.9 Å². The molecule has 0 saturated heterocycles. The number of rotatable bonds is 10. The molecule has 0 radical (unpaired) electrons. The molecule has 0 aromatic carbocycles. The zero-order chi connectivity index (χ0) is 17.9. The summed E-state index contributed by atoms with van der Waals surface area (Å²) < 4.78 is 10.5. The van der Waals surface area contributed by atoms with Crippen LogP contribution in [0.1, 0.15) is 80.8 Å². The second-order valence-electron chi connectivity index (χ2n) is 6.47. The second-order valence-corrected chi connectivity index (χ2v) is 6.47. The zero-order valence-electron chi connectivity index (χ0n) is 15.2. The highest BCUT2D eigenvalue weighted by Crippen LogP contribution is 2.11. The lowest BCUT2D eigenvalue weighted by Crippen LogP contribution is -2.18. The van der Waals surface area contributed by atoms with Crippen molar-refractivity contribution in [3.8, 4) is 0 Å². The van der Waals surface area contributed by atoms with Crippen LogP contribution in [0.15, 0.2) is 18.2 Å². The van der Waals surface area contributed by atoms with E-state index in [1.54, 1.807) is 12.1 Å². The topological polar surface area (TPSA) is 65.5 Å². The molecule has 1 atom stereocenters. The Morgan fingerprint density at radius 1 is 1.04 bits per heavy atom. The molecule has 1 heterocycles. The van der Waals surface area contributed by atoms with Crippen LogP contribution < -0.4 is 0 Å². The Balaban J connectivity index is 2.55. The summed E-state index contributed by atoms with van der Waals surface area (Å²) in [5.74, 6) is -0.780. The van der Waals surface area contributed by atoms with Crippen molar-refractivity contribution in [2.24, 2.45) is 5.92 Å². The summed E-state index contributed by atoms with van der Waals surface area (Å²) in [5.41, 5.74) is 0.259. The largest absolute Gasteiger partial charge is 0.461 e. The van der Waals surface area contributed by atoms with E-state index in [1.807, 2.05) is 20.8 Å². The molecule has 0 aliphatic carbocycles. The maximum Gasteiger partial charge on any atom is 0.357 e. The van der Waals surface area contributed by atoms with Crippen molar-refractivity contribution >= 4 is 11.9 Å². The summed E-state index contributed by atoms with van der Waals surface area (Å²) in [6.45, 7) is 8.27. The van der Waals surface area contributed by atoms with Gasteiger partial charge in [0.1, 0.15) is 11.4 Å². The Hall–Kier alpha value is -1.91. The van der Waals surface area contributed by atoms with Gasteiger partial charge in [-0.1, -0.05) is 46.1 Å². The van der Waals surface area contributed by atoms with E-state index in [9.17, 15) is 9.59 Å². The predicted molar refractivity (Wildman–Crippen MR) is 93.0 cm³/mol. The molecule has 1 unspecified atom stereocenters. The van der Waals surface area contributed by atoms with Gasteiger partial charge in [0.15, 0.2) is 0 Å². The van der Waals surface area contributed by atoms with E-state index in [0.717, 1.165) is 19.3 Å². The fourth-order valence-electron chi connectivity index (χ4n) is 2.14. The summed E-state index contributed by atoms with van der Waals surface area (Å²) in [6, 6.07) is 4.69. The van der Waals surface area contributed by atoms with Crippen molar-refractivity contribution in [1.82, 2.24) is 4.98 Å². The Labute approximate surface area is 144 Å². The average Bonchev–Trinajstić information content (AvgIpc) is 2.56. The number of ether oxygens (including phenoxy) is 2. The quantitative estimate of drug-likeness (QED) is 0.468. The highest BCUT2D eigenvalue weighted by Gasteiger charge is 2.16. The van der Waals surface area contributed by atoms with E-state index in [-0.39, 0.29) is 23.4 Å². The van der Waals surface area contributed by atoms with Crippen LogP contribution in [0, 0.1) is 5.92 Å². The fraction of sp³-hybridized carbons (Fsp3) is 0.632. The first-order valence-electron chi connectivity index (χ1n) is 8.79. The molecule has 0 bridgehead atoms. The minimum atomic E-state index is -0.522. The number of nitrogens with zero attached hydrogens (tertiary/aromatic N) is 1. The predicted octanol–water partition coefficient (Wildman–Crippen LogP) is 4.41. The number of esters is 2. The van der Waals surface area contributed by atoms with Crippen molar-refractivity contribution in [3.63, 3.8) is 0 Å². The molecule has 5 nitrogen and oxygen atoms in total. The Bertz CT molecular complexity index is 528. The van der Waals surface area contributed by atoms with Crippen LogP contribution in [0.5, 0.6) is 0 Å². The lowest BCUT2D eigenvalue weighted by Gasteiger charge is -2.13. The van der Waals surface area contributed by atoms with Crippen molar-refractivity contribution in [2.45, 2.75) is 65.9 Å². The van der Waals surface area contributed by atoms with Gasteiger partial charge in [-0.3, -0.25) is 0 Å². The number of unbranched alkanes of at least 4 members (excludes halogenated alkanes) is 3. The van der Waals surface area contributed by atoms with Gasteiger partial charge in [-0.05, 0) is 37.8 Å². The van der Waals surface area contributed by atoms with Crippen LogP contribution in [0.2, 0.25) is 0 Å². The van der Waals surface area contributed by atoms with Crippen molar-refractivity contribution in [3.05, 3.63) is 29.6 Å². The molecule has 1 aromatic heterocycles. The average molecular weight is 335 g/mol. The molecule has 0 aliphatic heterocycles. The Morgan fingerprint density at radius 3 is 2.33 bits per heavy atom. The molecule has 24 heavy (non-hydrogen) atoms. The van der Waals surface area contributed by atoms with Crippen LogP contribution in [0.25, 0.3) is 0 Å². The highest BCUT2D eigenvalue weighted by molar-refractivity contribution is 5.91. The van der Waals surface area contributed by atoms with Gasteiger partial charge in [0.2, 0.25) is 0 Å². The number of hydrogen-bond donors (Lipinski definition) is 0. The van der Waals surface area contributed by atoms with E-state index < -0.39 is 11.9 Å². The standard InChI is InChI=1S/C19H29NO4/c1-5-6-7-8-10-15(4)24-19(22)17-12-9-11-16(20-17)18(21)23-13-14(2)3/h9,11-12,14-15H,5-8,10,13H2,1-4H3. The molecular weight excluding hydrogens is 306 g/mol. The lowest BCUT2D eigenvalue weighted by molar-refractivity contribution is 0.0312. The summed E-state index contributed by atoms with van der Waals surface area (Å²) in [5, 5.41) is 0. The summed E-state index contributed by atoms with van der Waals surface area (Å²) >= 11 is 0. The normalized spacial score (nSPS) is 12.0. The minimum absolute atomic E-state index is 0.126. The van der Waals surface area contributed by atoms with E-state index in [1.165, 1.54) is 18.9 Å². The maximum atomic E-state index is 12.1. The third kappa shape index (κ3) is 7.57. The first-order chi connectivity index (χ1) is 11.4. The summed E-state index contributed by atoms with van der Waals surface area (Å²) in [6.07, 6.45) is 5.24. The number of carbonyl (C=O) groups is 2. The van der Waals surface area contributed by atoms with E-state index in [4.69, 9.17) is 9.47 Å². The highest BCUT2D eigenvalue weighted by atomic mass is 16.5. The summed E-state index contributed by atoms with van der Waals surface area (Å²) in [4.78, 5) is 28.1. The molecule has 0 N–H and O–H groups in total. The number of carbonyl (C=O) groups excluding carboxylic acids is 2. The first-order valence-corrected chi connectivity index (χ1v) is 8.79. The van der Waals surface area contributed by atoms with Gasteiger partial charge in [0.25, 0.3) is 0 Å². The van der Waals surface area contributed by atoms with E-state index in [0.29, 0.717) is 6.61 Å².